The fourth-order valence-electron chi connectivity index (χ4n) is 4.37. The summed E-state index contributed by atoms with van der Waals surface area (Å²) in [6.07, 6.45) is 9.95. The van der Waals surface area contributed by atoms with Crippen LogP contribution in [0, 0.1) is 0 Å². The van der Waals surface area contributed by atoms with Gasteiger partial charge in [0.05, 0.1) is 12.2 Å². The Morgan fingerprint density at radius 2 is 1.79 bits per heavy atom. The molecular formula is C26H27N7O. The Bertz CT molecular complexity index is 1350. The van der Waals surface area contributed by atoms with Gasteiger partial charge in [0.1, 0.15) is 11.6 Å². The first kappa shape index (κ1) is 20.8. The summed E-state index contributed by atoms with van der Waals surface area (Å²) in [5, 5.41) is 9.51. The molecule has 34 heavy (non-hydrogen) atoms. The molecule has 0 bridgehead atoms. The first-order valence-corrected chi connectivity index (χ1v) is 11.8. The van der Waals surface area contributed by atoms with E-state index in [9.17, 15) is 4.79 Å². The molecule has 6 rings (SSSR count). The molecule has 1 aliphatic carbocycles. The van der Waals surface area contributed by atoms with Crippen LogP contribution in [0.4, 0.5) is 11.6 Å². The third kappa shape index (κ3) is 4.24. The number of nitrogens with one attached hydrogen (secondary N) is 1. The topological polar surface area (TPSA) is 79.2 Å². The Kier molecular flexibility index (Phi) is 5.22. The minimum atomic E-state index is -0.188. The first-order valence-electron chi connectivity index (χ1n) is 11.8. The molecule has 0 spiro atoms. The second-order valence-electron chi connectivity index (χ2n) is 9.22. The Morgan fingerprint density at radius 1 is 0.941 bits per heavy atom. The van der Waals surface area contributed by atoms with Crippen molar-refractivity contribution in [1.29, 1.82) is 0 Å². The molecule has 1 amide bonds. The Balaban J connectivity index is 1.21. The minimum absolute atomic E-state index is 0.188. The third-order valence-electron chi connectivity index (χ3n) is 6.65. The highest BCUT2D eigenvalue weighted by Crippen LogP contribution is 2.35. The van der Waals surface area contributed by atoms with E-state index in [1.807, 2.05) is 18.3 Å². The van der Waals surface area contributed by atoms with E-state index in [0.29, 0.717) is 17.4 Å². The summed E-state index contributed by atoms with van der Waals surface area (Å²) < 4.78 is 2.06. The highest BCUT2D eigenvalue weighted by Gasteiger charge is 2.24. The molecule has 0 radical (unpaired) electrons. The number of benzene rings is 1. The molecule has 2 aliphatic rings. The predicted octanol–water partition coefficient (Wildman–Crippen LogP) is 3.83. The monoisotopic (exact) mass is 453 g/mol. The van der Waals surface area contributed by atoms with E-state index in [1.54, 1.807) is 18.5 Å². The summed E-state index contributed by atoms with van der Waals surface area (Å²) in [4.78, 5) is 26.4. The Morgan fingerprint density at radius 3 is 2.62 bits per heavy atom. The average Bonchev–Trinajstić information content (AvgIpc) is 3.60. The van der Waals surface area contributed by atoms with Gasteiger partial charge in [-0.1, -0.05) is 12.1 Å². The van der Waals surface area contributed by atoms with Crippen LogP contribution in [0.5, 0.6) is 0 Å². The van der Waals surface area contributed by atoms with Crippen LogP contribution in [-0.4, -0.2) is 63.8 Å². The highest BCUT2D eigenvalue weighted by atomic mass is 16.1. The average molecular weight is 454 g/mol. The molecule has 3 aromatic heterocycles. The van der Waals surface area contributed by atoms with Gasteiger partial charge in [0.25, 0.3) is 5.91 Å². The highest BCUT2D eigenvalue weighted by molar-refractivity contribution is 6.05. The minimum Gasteiger partial charge on any atom is -0.354 e. The molecule has 0 unspecified atom stereocenters. The van der Waals surface area contributed by atoms with Gasteiger partial charge < -0.3 is 15.1 Å². The number of rotatable bonds is 5. The molecule has 4 heterocycles. The van der Waals surface area contributed by atoms with Gasteiger partial charge >= 0.3 is 0 Å². The molecule has 4 aromatic rings. The number of hydrogen-bond donors (Lipinski definition) is 1. The van der Waals surface area contributed by atoms with E-state index in [2.05, 4.69) is 66.3 Å². The summed E-state index contributed by atoms with van der Waals surface area (Å²) in [5.74, 6) is 1.18. The number of pyridine rings is 2. The molecule has 1 aromatic carbocycles. The van der Waals surface area contributed by atoms with E-state index in [1.165, 1.54) is 12.8 Å². The van der Waals surface area contributed by atoms with E-state index in [4.69, 9.17) is 0 Å². The number of hydrogen-bond acceptors (Lipinski definition) is 6. The summed E-state index contributed by atoms with van der Waals surface area (Å²) in [6.45, 7) is 3.79. The molecule has 8 nitrogen and oxygen atoms in total. The zero-order valence-electron chi connectivity index (χ0n) is 19.2. The van der Waals surface area contributed by atoms with Crippen molar-refractivity contribution in [2.75, 3.05) is 43.4 Å². The number of piperazine rings is 1. The Hall–Kier alpha value is -3.78. The van der Waals surface area contributed by atoms with E-state index >= 15 is 0 Å². The second-order valence-corrected chi connectivity index (χ2v) is 9.22. The summed E-state index contributed by atoms with van der Waals surface area (Å²) >= 11 is 0. The van der Waals surface area contributed by atoms with Crippen LogP contribution in [0.15, 0.2) is 61.2 Å². The van der Waals surface area contributed by atoms with Crippen molar-refractivity contribution in [3.8, 4) is 11.1 Å². The molecule has 2 fully saturated rings. The number of likely N-dealkylation sites (N-methyl/N-ethyl adjacent to an activating group) is 1. The van der Waals surface area contributed by atoms with Crippen LogP contribution in [-0.2, 0) is 0 Å². The maximum Gasteiger partial charge on any atom is 0.257 e. The van der Waals surface area contributed by atoms with Gasteiger partial charge in [-0.05, 0) is 55.1 Å². The lowest BCUT2D eigenvalue weighted by Gasteiger charge is -2.33. The van der Waals surface area contributed by atoms with Gasteiger partial charge in [0.2, 0.25) is 0 Å². The van der Waals surface area contributed by atoms with Crippen molar-refractivity contribution in [2.45, 2.75) is 18.9 Å². The van der Waals surface area contributed by atoms with Crippen molar-refractivity contribution in [3.63, 3.8) is 0 Å². The fraction of sp³-hybridized carbons (Fsp3) is 0.308. The molecule has 8 heteroatoms. The van der Waals surface area contributed by atoms with E-state index in [-0.39, 0.29) is 5.91 Å². The van der Waals surface area contributed by atoms with Crippen LogP contribution >= 0.6 is 0 Å². The van der Waals surface area contributed by atoms with Crippen LogP contribution in [0.2, 0.25) is 0 Å². The molecule has 1 saturated heterocycles. The fourth-order valence-corrected chi connectivity index (χ4v) is 4.37. The van der Waals surface area contributed by atoms with Crippen molar-refractivity contribution in [3.05, 3.63) is 66.7 Å². The third-order valence-corrected chi connectivity index (χ3v) is 6.65. The number of carbonyl (C=O) groups excluding carboxylic acids is 1. The molecule has 1 aliphatic heterocycles. The second kappa shape index (κ2) is 8.53. The van der Waals surface area contributed by atoms with Gasteiger partial charge in [-0.15, -0.1) is 0 Å². The van der Waals surface area contributed by atoms with Crippen molar-refractivity contribution in [1.82, 2.24) is 24.6 Å². The smallest absolute Gasteiger partial charge is 0.257 e. The normalized spacial score (nSPS) is 16.7. The van der Waals surface area contributed by atoms with Gasteiger partial charge in [-0.3, -0.25) is 9.48 Å². The standard InChI is InChI=1S/C26H27N7O/c1-31-8-10-32(11-9-31)25-14-19(6-7-27-25)26(34)30-24-13-21-12-18(2-3-20(21)15-28-24)22-16-29-33(17-22)23-4-5-23/h2-3,6-7,12-17,23H,4-5,8-11H2,1H3,(H,28,30,34). The van der Waals surface area contributed by atoms with Gasteiger partial charge in [-0.25, -0.2) is 9.97 Å². The van der Waals surface area contributed by atoms with Crippen LogP contribution in [0.1, 0.15) is 29.2 Å². The lowest BCUT2D eigenvalue weighted by atomic mass is 10.0. The van der Waals surface area contributed by atoms with Crippen molar-refractivity contribution < 1.29 is 4.79 Å². The summed E-state index contributed by atoms with van der Waals surface area (Å²) in [5.41, 5.74) is 2.78. The maximum absolute atomic E-state index is 13.0. The van der Waals surface area contributed by atoms with Crippen LogP contribution in [0.3, 0.4) is 0 Å². The largest absolute Gasteiger partial charge is 0.354 e. The van der Waals surface area contributed by atoms with Gasteiger partial charge in [0, 0.05) is 61.3 Å². The van der Waals surface area contributed by atoms with Gasteiger partial charge in [-0.2, -0.15) is 5.10 Å². The lowest BCUT2D eigenvalue weighted by Crippen LogP contribution is -2.44. The quantitative estimate of drug-likeness (QED) is 0.495. The molecule has 1 saturated carbocycles. The predicted molar refractivity (Wildman–Crippen MR) is 133 cm³/mol. The number of amides is 1. The van der Waals surface area contributed by atoms with Crippen molar-refractivity contribution in [2.24, 2.45) is 0 Å². The number of carbonyl (C=O) groups is 1. The van der Waals surface area contributed by atoms with Crippen LogP contribution in [0.25, 0.3) is 21.9 Å². The lowest BCUT2D eigenvalue weighted by molar-refractivity contribution is 0.102. The zero-order chi connectivity index (χ0) is 23.1. The number of anilines is 2. The molecular weight excluding hydrogens is 426 g/mol. The van der Waals surface area contributed by atoms with Crippen molar-refractivity contribution >= 4 is 28.3 Å². The van der Waals surface area contributed by atoms with E-state index < -0.39 is 0 Å². The van der Waals surface area contributed by atoms with E-state index in [0.717, 1.165) is 53.9 Å². The SMILES string of the molecule is CN1CCN(c2cc(C(=O)Nc3cc4cc(-c5cnn(C6CC6)c5)ccc4cn3)ccn2)CC1. The summed E-state index contributed by atoms with van der Waals surface area (Å²) in [7, 11) is 2.12. The number of nitrogens with zero attached hydrogens (tertiary/aromatic N) is 6. The molecule has 172 valence electrons. The number of fused-ring (bicyclic) bond motifs is 1. The van der Waals surface area contributed by atoms with Crippen LogP contribution < -0.4 is 10.2 Å². The first-order chi connectivity index (χ1) is 16.6. The maximum atomic E-state index is 13.0. The molecule has 0 atom stereocenters. The Labute approximate surface area is 198 Å². The number of aromatic nitrogens is 4. The summed E-state index contributed by atoms with van der Waals surface area (Å²) in [6, 6.07) is 12.4. The van der Waals surface area contributed by atoms with Gasteiger partial charge in [0.15, 0.2) is 0 Å². The zero-order valence-corrected chi connectivity index (χ0v) is 19.2. The molecule has 1 N–H and O–H groups in total.